The van der Waals surface area contributed by atoms with Crippen LogP contribution in [0.1, 0.15) is 36.9 Å². The second kappa shape index (κ2) is 4.96. The van der Waals surface area contributed by atoms with Crippen LogP contribution >= 0.6 is 0 Å². The van der Waals surface area contributed by atoms with E-state index in [1.165, 1.54) is 5.56 Å². The molecule has 16 heavy (non-hydrogen) atoms. The highest BCUT2D eigenvalue weighted by molar-refractivity contribution is 5.32. The van der Waals surface area contributed by atoms with Crippen molar-refractivity contribution in [3.05, 3.63) is 47.5 Å². The van der Waals surface area contributed by atoms with Crippen molar-refractivity contribution in [2.24, 2.45) is 0 Å². The van der Waals surface area contributed by atoms with Gasteiger partial charge in [-0.1, -0.05) is 24.3 Å². The number of hydrogen-bond donors (Lipinski definition) is 1. The lowest BCUT2D eigenvalue weighted by Gasteiger charge is -2.19. The maximum atomic E-state index is 8.72. The van der Waals surface area contributed by atoms with Crippen LogP contribution in [0.3, 0.4) is 0 Å². The number of nitrogens with one attached hydrogen (secondary N) is 1. The minimum absolute atomic E-state index is 0.345. The summed E-state index contributed by atoms with van der Waals surface area (Å²) in [6.07, 6.45) is 6.70. The molecule has 0 spiro atoms. The minimum atomic E-state index is 0.345. The molecule has 1 unspecified atom stereocenters. The van der Waals surface area contributed by atoms with Gasteiger partial charge in [0.25, 0.3) is 0 Å². The summed E-state index contributed by atoms with van der Waals surface area (Å²) in [5.41, 5.74) is 1.96. The average Bonchev–Trinajstić information content (AvgIpc) is 2.82. The quantitative estimate of drug-likeness (QED) is 0.782. The van der Waals surface area contributed by atoms with Gasteiger partial charge in [0.15, 0.2) is 0 Å². The number of hydrogen-bond acceptors (Lipinski definition) is 2. The summed E-state index contributed by atoms with van der Waals surface area (Å²) in [6.45, 7) is 2.17. The van der Waals surface area contributed by atoms with Crippen molar-refractivity contribution in [3.63, 3.8) is 0 Å². The van der Waals surface area contributed by atoms with Gasteiger partial charge >= 0.3 is 0 Å². The van der Waals surface area contributed by atoms with Crippen molar-refractivity contribution in [2.75, 3.05) is 0 Å². The van der Waals surface area contributed by atoms with Crippen LogP contribution in [0.5, 0.6) is 0 Å². The summed E-state index contributed by atoms with van der Waals surface area (Å²) in [4.78, 5) is 0. The highest BCUT2D eigenvalue weighted by atomic mass is 14.9. The van der Waals surface area contributed by atoms with Crippen LogP contribution in [0.4, 0.5) is 0 Å². The molecule has 1 aromatic rings. The van der Waals surface area contributed by atoms with E-state index in [1.807, 2.05) is 24.3 Å². The Morgan fingerprint density at radius 3 is 2.44 bits per heavy atom. The van der Waals surface area contributed by atoms with E-state index in [0.717, 1.165) is 18.4 Å². The lowest BCUT2D eigenvalue weighted by Crippen LogP contribution is -2.29. The lowest BCUT2D eigenvalue weighted by atomic mass is 10.1. The molecule has 0 saturated heterocycles. The van der Waals surface area contributed by atoms with Crippen molar-refractivity contribution < 1.29 is 0 Å². The van der Waals surface area contributed by atoms with Gasteiger partial charge in [-0.05, 0) is 37.5 Å². The Bertz CT molecular complexity index is 403. The van der Waals surface area contributed by atoms with E-state index in [9.17, 15) is 0 Å². The first-order valence-electron chi connectivity index (χ1n) is 5.70. The van der Waals surface area contributed by atoms with Gasteiger partial charge in [-0.25, -0.2) is 0 Å². The van der Waals surface area contributed by atoms with Crippen LogP contribution in [0.2, 0.25) is 0 Å². The summed E-state index contributed by atoms with van der Waals surface area (Å²) < 4.78 is 0. The summed E-state index contributed by atoms with van der Waals surface area (Å²) >= 11 is 0. The Morgan fingerprint density at radius 2 is 1.88 bits per heavy atom. The van der Waals surface area contributed by atoms with E-state index in [-0.39, 0.29) is 0 Å². The van der Waals surface area contributed by atoms with Crippen molar-refractivity contribution in [2.45, 2.75) is 31.8 Å². The Balaban J connectivity index is 1.97. The van der Waals surface area contributed by atoms with Gasteiger partial charge in [-0.3, -0.25) is 0 Å². The first kappa shape index (κ1) is 10.9. The van der Waals surface area contributed by atoms with Crippen LogP contribution in [-0.4, -0.2) is 6.04 Å². The van der Waals surface area contributed by atoms with Crippen LogP contribution in [-0.2, 0) is 0 Å². The third-order valence-electron chi connectivity index (χ3n) is 3.03. The zero-order valence-corrected chi connectivity index (χ0v) is 9.48. The van der Waals surface area contributed by atoms with E-state index in [1.54, 1.807) is 0 Å². The average molecular weight is 212 g/mol. The molecule has 2 heteroatoms. The number of nitriles is 1. The summed E-state index contributed by atoms with van der Waals surface area (Å²) in [6, 6.07) is 10.9. The van der Waals surface area contributed by atoms with E-state index in [2.05, 4.69) is 30.5 Å². The standard InChI is InChI=1S/C14H16N2/c1-11(16-14-4-2-3-5-14)13-8-6-12(10-15)7-9-13/h2-3,6-9,11,14,16H,4-5H2,1H3. The molecule has 0 aromatic heterocycles. The molecule has 2 rings (SSSR count). The first-order valence-corrected chi connectivity index (χ1v) is 5.70. The molecular formula is C14H16N2. The third kappa shape index (κ3) is 2.50. The normalized spacial score (nSPS) is 17.2. The molecule has 1 N–H and O–H groups in total. The largest absolute Gasteiger partial charge is 0.307 e. The molecule has 0 bridgehead atoms. The molecule has 82 valence electrons. The second-order valence-corrected chi connectivity index (χ2v) is 4.26. The fraction of sp³-hybridized carbons (Fsp3) is 0.357. The van der Waals surface area contributed by atoms with Crippen molar-refractivity contribution in [1.82, 2.24) is 5.32 Å². The molecule has 1 aliphatic rings. The van der Waals surface area contributed by atoms with Crippen LogP contribution < -0.4 is 5.32 Å². The Kier molecular flexibility index (Phi) is 3.38. The van der Waals surface area contributed by atoms with Crippen molar-refractivity contribution >= 4 is 0 Å². The number of nitrogens with zero attached hydrogens (tertiary/aromatic N) is 1. The highest BCUT2D eigenvalue weighted by Crippen LogP contribution is 2.17. The van der Waals surface area contributed by atoms with Gasteiger partial charge in [0.2, 0.25) is 0 Å². The predicted octanol–water partition coefficient (Wildman–Crippen LogP) is 2.93. The van der Waals surface area contributed by atoms with E-state index < -0.39 is 0 Å². The molecule has 0 fully saturated rings. The third-order valence-corrected chi connectivity index (χ3v) is 3.03. The lowest BCUT2D eigenvalue weighted by molar-refractivity contribution is 0.471. The van der Waals surface area contributed by atoms with Gasteiger partial charge in [-0.15, -0.1) is 0 Å². The SMILES string of the molecule is CC(NC1CC=CC1)c1ccc(C#N)cc1. The van der Waals surface area contributed by atoms with Crippen molar-refractivity contribution in [3.8, 4) is 6.07 Å². The summed E-state index contributed by atoms with van der Waals surface area (Å²) in [5.74, 6) is 0. The molecule has 0 amide bonds. The predicted molar refractivity (Wildman–Crippen MR) is 64.9 cm³/mol. The highest BCUT2D eigenvalue weighted by Gasteiger charge is 2.13. The molecule has 1 aliphatic carbocycles. The van der Waals surface area contributed by atoms with E-state index >= 15 is 0 Å². The maximum absolute atomic E-state index is 8.72. The number of benzene rings is 1. The van der Waals surface area contributed by atoms with Gasteiger partial charge < -0.3 is 5.32 Å². The fourth-order valence-electron chi connectivity index (χ4n) is 2.05. The summed E-state index contributed by atoms with van der Waals surface area (Å²) in [7, 11) is 0. The number of rotatable bonds is 3. The van der Waals surface area contributed by atoms with Crippen LogP contribution in [0.25, 0.3) is 0 Å². The van der Waals surface area contributed by atoms with E-state index in [4.69, 9.17) is 5.26 Å². The minimum Gasteiger partial charge on any atom is -0.307 e. The van der Waals surface area contributed by atoms with E-state index in [0.29, 0.717) is 12.1 Å². The van der Waals surface area contributed by atoms with Gasteiger partial charge in [0.1, 0.15) is 0 Å². The zero-order valence-electron chi connectivity index (χ0n) is 9.48. The first-order chi connectivity index (χ1) is 7.79. The monoisotopic (exact) mass is 212 g/mol. The smallest absolute Gasteiger partial charge is 0.0991 e. The summed E-state index contributed by atoms with van der Waals surface area (Å²) in [5, 5.41) is 12.3. The molecule has 0 aliphatic heterocycles. The van der Waals surface area contributed by atoms with Crippen LogP contribution in [0, 0.1) is 11.3 Å². The molecule has 0 radical (unpaired) electrons. The maximum Gasteiger partial charge on any atom is 0.0991 e. The second-order valence-electron chi connectivity index (χ2n) is 4.26. The molecule has 0 heterocycles. The Morgan fingerprint density at radius 1 is 1.25 bits per heavy atom. The fourth-order valence-corrected chi connectivity index (χ4v) is 2.05. The Hall–Kier alpha value is -1.59. The van der Waals surface area contributed by atoms with Crippen molar-refractivity contribution in [1.29, 1.82) is 5.26 Å². The molecular weight excluding hydrogens is 196 g/mol. The topological polar surface area (TPSA) is 35.8 Å². The zero-order chi connectivity index (χ0) is 11.4. The molecule has 0 saturated carbocycles. The van der Waals surface area contributed by atoms with Gasteiger partial charge in [-0.2, -0.15) is 5.26 Å². The van der Waals surface area contributed by atoms with Crippen LogP contribution in [0.15, 0.2) is 36.4 Å². The van der Waals surface area contributed by atoms with Gasteiger partial charge in [0.05, 0.1) is 11.6 Å². The molecule has 1 atom stereocenters. The Labute approximate surface area is 96.6 Å². The molecule has 1 aromatic carbocycles. The van der Waals surface area contributed by atoms with Gasteiger partial charge in [0, 0.05) is 12.1 Å². The molecule has 2 nitrogen and oxygen atoms in total.